The van der Waals surface area contributed by atoms with Gasteiger partial charge in [0.1, 0.15) is 0 Å². The lowest BCUT2D eigenvalue weighted by atomic mass is 9.67. The van der Waals surface area contributed by atoms with Gasteiger partial charge in [0.2, 0.25) is 0 Å². The van der Waals surface area contributed by atoms with Gasteiger partial charge in [-0.3, -0.25) is 0 Å². The molecule has 1 aromatic heterocycles. The maximum absolute atomic E-state index is 5.40. The van der Waals surface area contributed by atoms with E-state index in [1.54, 1.807) is 0 Å². The van der Waals surface area contributed by atoms with Crippen LogP contribution in [0.3, 0.4) is 0 Å². The second-order valence-corrected chi connectivity index (χ2v) is 15.5. The highest BCUT2D eigenvalue weighted by Gasteiger charge is 2.50. The van der Waals surface area contributed by atoms with Crippen molar-refractivity contribution in [1.82, 2.24) is 9.97 Å². The first-order valence-corrected chi connectivity index (χ1v) is 19.9. The Morgan fingerprint density at radius 1 is 0.304 bits per heavy atom. The molecule has 9 aromatic rings. The van der Waals surface area contributed by atoms with Crippen LogP contribution < -0.4 is 0 Å². The van der Waals surface area contributed by atoms with Crippen LogP contribution in [0.1, 0.15) is 22.3 Å². The van der Waals surface area contributed by atoms with Gasteiger partial charge in [0.25, 0.3) is 0 Å². The van der Waals surface area contributed by atoms with Crippen LogP contribution >= 0.6 is 11.8 Å². The minimum Gasteiger partial charge on any atom is -0.228 e. The third kappa shape index (κ3) is 5.05. The van der Waals surface area contributed by atoms with Crippen LogP contribution in [-0.2, 0) is 5.41 Å². The first-order chi connectivity index (χ1) is 27.8. The standard InChI is InChI=1S/C53H34N2S/c1-3-17-35(18-4-1)38-21-7-9-25-42(38)49-34-48(36-19-5-2-6-20-36)54-52(55-49)43-26-10-8-22-39(43)37-31-32-51-47(33-37)53(46-29-15-16-30-50(46)56-51)44-27-13-11-23-40(44)41-24-12-14-28-45(41)53/h1-34H. The van der Waals surface area contributed by atoms with Crippen molar-refractivity contribution in [1.29, 1.82) is 0 Å². The second kappa shape index (κ2) is 13.2. The van der Waals surface area contributed by atoms with Gasteiger partial charge in [-0.25, -0.2) is 9.97 Å². The molecule has 0 amide bonds. The zero-order chi connectivity index (χ0) is 37.1. The molecule has 0 N–H and O–H groups in total. The summed E-state index contributed by atoms with van der Waals surface area (Å²) in [6.07, 6.45) is 0. The Hall–Kier alpha value is -6.81. The van der Waals surface area contributed by atoms with Gasteiger partial charge in [-0.15, -0.1) is 0 Å². The van der Waals surface area contributed by atoms with Crippen molar-refractivity contribution in [3.8, 4) is 67.3 Å². The number of benzene rings is 8. The number of hydrogen-bond acceptors (Lipinski definition) is 3. The van der Waals surface area contributed by atoms with Gasteiger partial charge < -0.3 is 0 Å². The maximum Gasteiger partial charge on any atom is 0.161 e. The van der Waals surface area contributed by atoms with E-state index in [0.29, 0.717) is 5.82 Å². The van der Waals surface area contributed by atoms with Crippen molar-refractivity contribution in [3.63, 3.8) is 0 Å². The lowest BCUT2D eigenvalue weighted by Crippen LogP contribution is -2.32. The maximum atomic E-state index is 5.40. The summed E-state index contributed by atoms with van der Waals surface area (Å²) in [7, 11) is 0. The predicted octanol–water partition coefficient (Wildman–Crippen LogP) is 13.6. The molecule has 1 aliphatic heterocycles. The average Bonchev–Trinajstić information content (AvgIpc) is 3.57. The normalized spacial score (nSPS) is 13.1. The molecule has 0 radical (unpaired) electrons. The molecule has 0 saturated heterocycles. The minimum absolute atomic E-state index is 0.451. The van der Waals surface area contributed by atoms with E-state index in [1.165, 1.54) is 43.2 Å². The summed E-state index contributed by atoms with van der Waals surface area (Å²) in [6.45, 7) is 0. The first kappa shape index (κ1) is 32.6. The van der Waals surface area contributed by atoms with Gasteiger partial charge in [0, 0.05) is 26.5 Å². The molecule has 1 spiro atoms. The smallest absolute Gasteiger partial charge is 0.161 e. The van der Waals surface area contributed by atoms with Crippen LogP contribution in [0.25, 0.3) is 67.3 Å². The van der Waals surface area contributed by atoms with Gasteiger partial charge in [0.15, 0.2) is 5.82 Å². The predicted molar refractivity (Wildman–Crippen MR) is 231 cm³/mol. The van der Waals surface area contributed by atoms with E-state index in [1.807, 2.05) is 17.8 Å². The molecule has 262 valence electrons. The number of fused-ring (bicyclic) bond motifs is 9. The topological polar surface area (TPSA) is 25.8 Å². The fraction of sp³-hybridized carbons (Fsp3) is 0.0189. The van der Waals surface area contributed by atoms with E-state index < -0.39 is 5.41 Å². The molecule has 56 heavy (non-hydrogen) atoms. The third-order valence-corrected chi connectivity index (χ3v) is 12.6. The van der Waals surface area contributed by atoms with E-state index in [4.69, 9.17) is 9.97 Å². The van der Waals surface area contributed by atoms with Crippen molar-refractivity contribution >= 4 is 11.8 Å². The summed E-state index contributed by atoms with van der Waals surface area (Å²) in [5, 5.41) is 0. The highest BCUT2D eigenvalue weighted by Crippen LogP contribution is 2.62. The van der Waals surface area contributed by atoms with Crippen LogP contribution in [-0.4, -0.2) is 9.97 Å². The highest BCUT2D eigenvalue weighted by atomic mass is 32.2. The van der Waals surface area contributed by atoms with Gasteiger partial charge in [-0.05, 0) is 79.9 Å². The fourth-order valence-corrected chi connectivity index (χ4v) is 10.2. The van der Waals surface area contributed by atoms with Crippen molar-refractivity contribution in [2.24, 2.45) is 0 Å². The molecule has 8 aromatic carbocycles. The Morgan fingerprint density at radius 2 is 0.786 bits per heavy atom. The molecule has 2 heterocycles. The molecule has 11 rings (SSSR count). The summed E-state index contributed by atoms with van der Waals surface area (Å²) < 4.78 is 0. The lowest BCUT2D eigenvalue weighted by molar-refractivity contribution is 0.723. The third-order valence-electron chi connectivity index (χ3n) is 11.4. The van der Waals surface area contributed by atoms with Crippen molar-refractivity contribution in [2.75, 3.05) is 0 Å². The molecule has 0 unspecified atom stereocenters. The molecule has 3 heteroatoms. The van der Waals surface area contributed by atoms with Crippen LogP contribution in [0.5, 0.6) is 0 Å². The van der Waals surface area contributed by atoms with Gasteiger partial charge in [-0.1, -0.05) is 194 Å². The van der Waals surface area contributed by atoms with E-state index in [2.05, 4.69) is 200 Å². The van der Waals surface area contributed by atoms with Crippen LogP contribution in [0.4, 0.5) is 0 Å². The quantitative estimate of drug-likeness (QED) is 0.176. The van der Waals surface area contributed by atoms with Crippen molar-refractivity contribution < 1.29 is 0 Å². The average molecular weight is 731 g/mol. The Bertz CT molecular complexity index is 2910. The number of rotatable bonds is 5. The van der Waals surface area contributed by atoms with Crippen LogP contribution in [0.2, 0.25) is 0 Å². The Balaban J connectivity index is 1.13. The Morgan fingerprint density at radius 3 is 1.46 bits per heavy atom. The monoisotopic (exact) mass is 730 g/mol. The largest absolute Gasteiger partial charge is 0.228 e. The summed E-state index contributed by atoms with van der Waals surface area (Å²) in [5.41, 5.74) is 16.9. The Labute approximate surface area is 331 Å². The van der Waals surface area contributed by atoms with Gasteiger partial charge >= 0.3 is 0 Å². The highest BCUT2D eigenvalue weighted by molar-refractivity contribution is 7.99. The van der Waals surface area contributed by atoms with Gasteiger partial charge in [0.05, 0.1) is 16.8 Å². The van der Waals surface area contributed by atoms with Gasteiger partial charge in [-0.2, -0.15) is 0 Å². The molecule has 0 bridgehead atoms. The summed E-state index contributed by atoms with van der Waals surface area (Å²) in [6, 6.07) is 74.3. The van der Waals surface area contributed by atoms with E-state index in [0.717, 1.165) is 50.3 Å². The molecule has 2 aliphatic rings. The Kier molecular flexibility index (Phi) is 7.68. The van der Waals surface area contributed by atoms with Crippen LogP contribution in [0, 0.1) is 0 Å². The molecular formula is C53H34N2S. The minimum atomic E-state index is -0.451. The number of aromatic nitrogens is 2. The number of hydrogen-bond donors (Lipinski definition) is 0. The van der Waals surface area contributed by atoms with E-state index >= 15 is 0 Å². The molecule has 2 nitrogen and oxygen atoms in total. The van der Waals surface area contributed by atoms with E-state index in [-0.39, 0.29) is 0 Å². The van der Waals surface area contributed by atoms with E-state index in [9.17, 15) is 0 Å². The SMILES string of the molecule is c1ccc(-c2cc(-c3ccccc3-c3ccccc3)nc(-c3ccccc3-c3ccc4c(c3)C3(c5ccccc5S4)c4ccccc4-c4ccccc43)n2)cc1. The second-order valence-electron chi connectivity index (χ2n) is 14.4. The first-order valence-electron chi connectivity index (χ1n) is 19.1. The zero-order valence-corrected chi connectivity index (χ0v) is 31.2. The van der Waals surface area contributed by atoms with Crippen molar-refractivity contribution in [2.45, 2.75) is 15.2 Å². The number of nitrogens with zero attached hydrogens (tertiary/aromatic N) is 2. The lowest BCUT2D eigenvalue weighted by Gasteiger charge is -2.40. The molecular weight excluding hydrogens is 697 g/mol. The molecule has 0 atom stereocenters. The molecule has 0 fully saturated rings. The summed E-state index contributed by atoms with van der Waals surface area (Å²) in [5.74, 6) is 0.698. The van der Waals surface area contributed by atoms with Crippen molar-refractivity contribution in [3.05, 3.63) is 229 Å². The molecule has 1 aliphatic carbocycles. The summed E-state index contributed by atoms with van der Waals surface area (Å²) >= 11 is 1.87. The summed E-state index contributed by atoms with van der Waals surface area (Å²) in [4.78, 5) is 13.3. The molecule has 0 saturated carbocycles. The zero-order valence-electron chi connectivity index (χ0n) is 30.4. The fourth-order valence-electron chi connectivity index (χ4n) is 8.99. The van der Waals surface area contributed by atoms with Crippen LogP contribution in [0.15, 0.2) is 216 Å².